The molecule has 1 aromatic rings. The summed E-state index contributed by atoms with van der Waals surface area (Å²) in [6.45, 7) is 1.54. The Balaban J connectivity index is 2.37. The van der Waals surface area contributed by atoms with Crippen molar-refractivity contribution in [3.05, 3.63) is 29.8 Å². The fourth-order valence-corrected chi connectivity index (χ4v) is 1.44. The van der Waals surface area contributed by atoms with Gasteiger partial charge in [-0.05, 0) is 31.0 Å². The van der Waals surface area contributed by atoms with Crippen LogP contribution >= 0.6 is 0 Å². The lowest BCUT2D eigenvalue weighted by Gasteiger charge is -2.11. The number of anilines is 1. The van der Waals surface area contributed by atoms with Crippen molar-refractivity contribution in [2.45, 2.75) is 25.9 Å². The van der Waals surface area contributed by atoms with Gasteiger partial charge in [-0.15, -0.1) is 0 Å². The van der Waals surface area contributed by atoms with E-state index in [0.29, 0.717) is 12.1 Å². The van der Waals surface area contributed by atoms with Crippen molar-refractivity contribution in [3.63, 3.8) is 0 Å². The van der Waals surface area contributed by atoms with Crippen molar-refractivity contribution < 1.29 is 14.3 Å². The molecule has 3 N–H and O–H groups in total. The van der Waals surface area contributed by atoms with E-state index in [4.69, 9.17) is 10.5 Å². The Bertz CT molecular complexity index is 415. The molecule has 0 bridgehead atoms. The molecule has 5 nitrogen and oxygen atoms in total. The normalized spacial score (nSPS) is 11.7. The average molecular weight is 250 g/mol. The summed E-state index contributed by atoms with van der Waals surface area (Å²) in [7, 11) is 1.50. The molecule has 0 aromatic heterocycles. The standard InChI is InChI=1S/C13H18N2O3/c1-9(13(17)15-2)18-12(16)8-5-10-3-6-11(14)7-4-10/h3-4,6-7,9H,5,8,14H2,1-2H3,(H,15,17). The molecule has 0 spiro atoms. The van der Waals surface area contributed by atoms with Crippen LogP contribution in [0.15, 0.2) is 24.3 Å². The number of hydrogen-bond acceptors (Lipinski definition) is 4. The minimum absolute atomic E-state index is 0.241. The summed E-state index contributed by atoms with van der Waals surface area (Å²) in [6.07, 6.45) is 0.0547. The van der Waals surface area contributed by atoms with Gasteiger partial charge in [0.15, 0.2) is 6.10 Å². The van der Waals surface area contributed by atoms with Gasteiger partial charge in [0.25, 0.3) is 5.91 Å². The number of likely N-dealkylation sites (N-methyl/N-ethyl adjacent to an activating group) is 1. The third-order valence-corrected chi connectivity index (χ3v) is 2.52. The van der Waals surface area contributed by atoms with Gasteiger partial charge in [-0.25, -0.2) is 0 Å². The van der Waals surface area contributed by atoms with Crippen LogP contribution in [0.25, 0.3) is 0 Å². The van der Waals surface area contributed by atoms with Crippen molar-refractivity contribution in [2.24, 2.45) is 0 Å². The molecule has 1 rings (SSSR count). The van der Waals surface area contributed by atoms with Gasteiger partial charge in [0, 0.05) is 19.2 Å². The minimum atomic E-state index is -0.756. The number of rotatable bonds is 5. The third-order valence-electron chi connectivity index (χ3n) is 2.52. The molecule has 1 aromatic carbocycles. The maximum Gasteiger partial charge on any atom is 0.306 e. The Morgan fingerprint density at radius 2 is 1.94 bits per heavy atom. The molecule has 5 heteroatoms. The monoisotopic (exact) mass is 250 g/mol. The number of nitrogens with one attached hydrogen (secondary N) is 1. The number of esters is 1. The Morgan fingerprint density at radius 3 is 2.50 bits per heavy atom. The van der Waals surface area contributed by atoms with Crippen LogP contribution < -0.4 is 11.1 Å². The van der Waals surface area contributed by atoms with E-state index >= 15 is 0 Å². The van der Waals surface area contributed by atoms with Crippen molar-refractivity contribution in [3.8, 4) is 0 Å². The highest BCUT2D eigenvalue weighted by Gasteiger charge is 2.15. The topological polar surface area (TPSA) is 81.4 Å². The van der Waals surface area contributed by atoms with Crippen LogP contribution in [0.5, 0.6) is 0 Å². The zero-order chi connectivity index (χ0) is 13.5. The molecule has 18 heavy (non-hydrogen) atoms. The van der Waals surface area contributed by atoms with Gasteiger partial charge in [0.2, 0.25) is 0 Å². The summed E-state index contributed by atoms with van der Waals surface area (Å²) < 4.78 is 4.97. The lowest BCUT2D eigenvalue weighted by atomic mass is 10.1. The van der Waals surface area contributed by atoms with Crippen molar-refractivity contribution in [2.75, 3.05) is 12.8 Å². The van der Waals surface area contributed by atoms with Gasteiger partial charge in [-0.1, -0.05) is 12.1 Å². The Kier molecular flexibility index (Phi) is 5.17. The molecule has 1 atom stereocenters. The molecule has 0 saturated heterocycles. The second-order valence-electron chi connectivity index (χ2n) is 3.99. The fraction of sp³-hybridized carbons (Fsp3) is 0.385. The summed E-state index contributed by atoms with van der Waals surface area (Å²) in [6, 6.07) is 7.30. The van der Waals surface area contributed by atoms with Crippen LogP contribution in [0.3, 0.4) is 0 Å². The van der Waals surface area contributed by atoms with Gasteiger partial charge in [-0.2, -0.15) is 0 Å². The number of benzene rings is 1. The van der Waals surface area contributed by atoms with E-state index in [0.717, 1.165) is 5.56 Å². The first-order chi connectivity index (χ1) is 8.52. The maximum atomic E-state index is 11.5. The second-order valence-corrected chi connectivity index (χ2v) is 3.99. The largest absolute Gasteiger partial charge is 0.453 e. The Morgan fingerprint density at radius 1 is 1.33 bits per heavy atom. The Hall–Kier alpha value is -2.04. The number of nitrogens with two attached hydrogens (primary N) is 1. The van der Waals surface area contributed by atoms with Gasteiger partial charge < -0.3 is 15.8 Å². The van der Waals surface area contributed by atoms with E-state index in [2.05, 4.69) is 5.32 Å². The zero-order valence-corrected chi connectivity index (χ0v) is 10.6. The second kappa shape index (κ2) is 6.64. The summed E-state index contributed by atoms with van der Waals surface area (Å²) >= 11 is 0. The molecule has 0 aliphatic heterocycles. The van der Waals surface area contributed by atoms with Gasteiger partial charge in [0.1, 0.15) is 0 Å². The van der Waals surface area contributed by atoms with E-state index in [-0.39, 0.29) is 18.3 Å². The number of amides is 1. The number of nitrogen functional groups attached to an aromatic ring is 1. The van der Waals surface area contributed by atoms with E-state index in [1.165, 1.54) is 7.05 Å². The predicted octanol–water partition coefficient (Wildman–Crippen LogP) is 0.879. The summed E-state index contributed by atoms with van der Waals surface area (Å²) in [5.74, 6) is -0.696. The highest BCUT2D eigenvalue weighted by molar-refractivity contribution is 5.83. The van der Waals surface area contributed by atoms with E-state index in [1.807, 2.05) is 12.1 Å². The highest BCUT2D eigenvalue weighted by Crippen LogP contribution is 2.08. The average Bonchev–Trinajstić information content (AvgIpc) is 2.37. The van der Waals surface area contributed by atoms with Crippen LogP contribution in [0.2, 0.25) is 0 Å². The third kappa shape index (κ3) is 4.45. The first-order valence-corrected chi connectivity index (χ1v) is 5.78. The molecule has 1 unspecified atom stereocenters. The molecule has 0 aliphatic rings. The number of carbonyl (C=O) groups is 2. The quantitative estimate of drug-likeness (QED) is 0.600. The molecular formula is C13H18N2O3. The summed E-state index contributed by atoms with van der Waals surface area (Å²) in [4.78, 5) is 22.6. The Labute approximate surface area is 106 Å². The number of carbonyl (C=O) groups excluding carboxylic acids is 2. The van der Waals surface area contributed by atoms with Crippen molar-refractivity contribution in [1.29, 1.82) is 0 Å². The van der Waals surface area contributed by atoms with Gasteiger partial charge in [-0.3, -0.25) is 9.59 Å². The SMILES string of the molecule is CNC(=O)C(C)OC(=O)CCc1ccc(N)cc1. The summed E-state index contributed by atoms with van der Waals surface area (Å²) in [5, 5.41) is 2.42. The van der Waals surface area contributed by atoms with E-state index in [1.54, 1.807) is 19.1 Å². The highest BCUT2D eigenvalue weighted by atomic mass is 16.5. The van der Waals surface area contributed by atoms with Crippen molar-refractivity contribution in [1.82, 2.24) is 5.32 Å². The number of hydrogen-bond donors (Lipinski definition) is 2. The lowest BCUT2D eigenvalue weighted by Crippen LogP contribution is -2.33. The first-order valence-electron chi connectivity index (χ1n) is 5.78. The molecule has 0 aliphatic carbocycles. The van der Waals surface area contributed by atoms with Crippen molar-refractivity contribution >= 4 is 17.6 Å². The zero-order valence-electron chi connectivity index (χ0n) is 10.6. The summed E-state index contributed by atoms with van der Waals surface area (Å²) in [5.41, 5.74) is 7.26. The van der Waals surface area contributed by atoms with Crippen LogP contribution in [-0.2, 0) is 20.7 Å². The molecule has 0 fully saturated rings. The van der Waals surface area contributed by atoms with Crippen LogP contribution in [0, 0.1) is 0 Å². The lowest BCUT2D eigenvalue weighted by molar-refractivity contribution is -0.154. The maximum absolute atomic E-state index is 11.5. The molecular weight excluding hydrogens is 232 g/mol. The molecule has 98 valence electrons. The number of ether oxygens (including phenoxy) is 1. The van der Waals surface area contributed by atoms with E-state index < -0.39 is 6.10 Å². The molecule has 0 radical (unpaired) electrons. The van der Waals surface area contributed by atoms with Gasteiger partial charge >= 0.3 is 5.97 Å². The minimum Gasteiger partial charge on any atom is -0.453 e. The fourth-order valence-electron chi connectivity index (χ4n) is 1.44. The van der Waals surface area contributed by atoms with Crippen LogP contribution in [-0.4, -0.2) is 25.0 Å². The molecule has 0 saturated carbocycles. The molecule has 1 amide bonds. The smallest absolute Gasteiger partial charge is 0.306 e. The predicted molar refractivity (Wildman–Crippen MR) is 68.8 cm³/mol. The van der Waals surface area contributed by atoms with Crippen LogP contribution in [0.1, 0.15) is 18.9 Å². The van der Waals surface area contributed by atoms with E-state index in [9.17, 15) is 9.59 Å². The number of aryl methyl sites for hydroxylation is 1. The van der Waals surface area contributed by atoms with Gasteiger partial charge in [0.05, 0.1) is 0 Å². The molecule has 0 heterocycles. The first kappa shape index (κ1) is 14.0. The van der Waals surface area contributed by atoms with Crippen LogP contribution in [0.4, 0.5) is 5.69 Å².